The maximum atomic E-state index is 12.9. The quantitative estimate of drug-likeness (QED) is 0.512. The Bertz CT molecular complexity index is 1150. The fraction of sp³-hybridized carbons (Fsp3) is 0.174. The predicted octanol–water partition coefficient (Wildman–Crippen LogP) is 4.71. The predicted molar refractivity (Wildman–Crippen MR) is 122 cm³/mol. The van der Waals surface area contributed by atoms with Crippen LogP contribution in [0.5, 0.6) is 5.75 Å². The Hall–Kier alpha value is -2.87. The third-order valence-electron chi connectivity index (χ3n) is 4.66. The Balaban J connectivity index is 1.84. The van der Waals surface area contributed by atoms with Gasteiger partial charge >= 0.3 is 0 Å². The van der Waals surface area contributed by atoms with Gasteiger partial charge in [-0.1, -0.05) is 59.6 Å². The average Bonchev–Trinajstić information content (AvgIpc) is 2.74. The van der Waals surface area contributed by atoms with E-state index in [1.54, 1.807) is 54.6 Å². The van der Waals surface area contributed by atoms with Crippen molar-refractivity contribution in [1.82, 2.24) is 4.72 Å². The monoisotopic (exact) mass is 458 g/mol. The summed E-state index contributed by atoms with van der Waals surface area (Å²) in [7, 11) is -2.35. The lowest BCUT2D eigenvalue weighted by atomic mass is 10.0. The summed E-state index contributed by atoms with van der Waals surface area (Å²) in [4.78, 5) is 12.9. The lowest BCUT2D eigenvalue weighted by Gasteiger charge is -2.20. The van der Waals surface area contributed by atoms with E-state index < -0.39 is 16.1 Å². The molecule has 0 aliphatic carbocycles. The molecule has 8 heteroatoms. The maximum Gasteiger partial charge on any atom is 0.241 e. The zero-order valence-electron chi connectivity index (χ0n) is 17.1. The SMILES string of the molecule is COc1ccc(Cl)cc1NC(=O)C[C@H](NS(=O)(=O)c1ccc(C)cc1)c1ccccc1. The number of hydrogen-bond donors (Lipinski definition) is 2. The van der Waals surface area contributed by atoms with Crippen molar-refractivity contribution in [3.05, 3.63) is 88.9 Å². The molecule has 2 N–H and O–H groups in total. The number of halogens is 1. The molecule has 0 heterocycles. The number of nitrogens with one attached hydrogen (secondary N) is 2. The van der Waals surface area contributed by atoms with Gasteiger partial charge in [0, 0.05) is 11.4 Å². The van der Waals surface area contributed by atoms with Gasteiger partial charge in [0.2, 0.25) is 15.9 Å². The molecular formula is C23H23ClN2O4S. The Kier molecular flexibility index (Phi) is 7.33. The van der Waals surface area contributed by atoms with Crippen molar-refractivity contribution in [1.29, 1.82) is 0 Å². The highest BCUT2D eigenvalue weighted by atomic mass is 35.5. The first-order valence-corrected chi connectivity index (χ1v) is 11.4. The third kappa shape index (κ3) is 6.07. The van der Waals surface area contributed by atoms with E-state index >= 15 is 0 Å². The van der Waals surface area contributed by atoms with E-state index in [4.69, 9.17) is 16.3 Å². The van der Waals surface area contributed by atoms with E-state index in [2.05, 4.69) is 10.0 Å². The van der Waals surface area contributed by atoms with Crippen LogP contribution in [0.4, 0.5) is 5.69 Å². The minimum Gasteiger partial charge on any atom is -0.495 e. The highest BCUT2D eigenvalue weighted by molar-refractivity contribution is 7.89. The summed E-state index contributed by atoms with van der Waals surface area (Å²) in [5.41, 5.74) is 2.04. The molecule has 0 aliphatic rings. The molecule has 3 rings (SSSR count). The first-order chi connectivity index (χ1) is 14.8. The summed E-state index contributed by atoms with van der Waals surface area (Å²) in [6.07, 6.45) is -0.120. The van der Waals surface area contributed by atoms with Gasteiger partial charge < -0.3 is 10.1 Å². The molecule has 0 saturated heterocycles. The number of rotatable bonds is 8. The Labute approximate surface area is 187 Å². The molecule has 0 fully saturated rings. The average molecular weight is 459 g/mol. The number of methoxy groups -OCH3 is 1. The number of hydrogen-bond acceptors (Lipinski definition) is 4. The summed E-state index contributed by atoms with van der Waals surface area (Å²) in [5.74, 6) is 0.0651. The van der Waals surface area contributed by atoms with E-state index in [9.17, 15) is 13.2 Å². The second kappa shape index (κ2) is 9.96. The van der Waals surface area contributed by atoms with E-state index in [1.165, 1.54) is 19.2 Å². The maximum absolute atomic E-state index is 12.9. The summed E-state index contributed by atoms with van der Waals surface area (Å²) in [5, 5.41) is 3.19. The van der Waals surface area contributed by atoms with Crippen LogP contribution in [-0.2, 0) is 14.8 Å². The zero-order valence-corrected chi connectivity index (χ0v) is 18.7. The number of aryl methyl sites for hydroxylation is 1. The van der Waals surface area contributed by atoms with Gasteiger partial charge in [0.25, 0.3) is 0 Å². The van der Waals surface area contributed by atoms with Crippen molar-refractivity contribution < 1.29 is 17.9 Å². The van der Waals surface area contributed by atoms with Gasteiger partial charge in [-0.05, 0) is 42.8 Å². The van der Waals surface area contributed by atoms with E-state index in [0.29, 0.717) is 22.0 Å². The van der Waals surface area contributed by atoms with Crippen molar-refractivity contribution in [3.63, 3.8) is 0 Å². The Morgan fingerprint density at radius 1 is 1.03 bits per heavy atom. The van der Waals surface area contributed by atoms with Gasteiger partial charge in [-0.3, -0.25) is 4.79 Å². The molecule has 0 saturated carbocycles. The smallest absolute Gasteiger partial charge is 0.241 e. The number of ether oxygens (including phenoxy) is 1. The molecule has 0 unspecified atom stereocenters. The minimum absolute atomic E-state index is 0.120. The summed E-state index contributed by atoms with van der Waals surface area (Å²) in [6, 6.07) is 19.6. The number of benzene rings is 3. The van der Waals surface area contributed by atoms with Crippen LogP contribution in [0.3, 0.4) is 0 Å². The molecular weight excluding hydrogens is 436 g/mol. The minimum atomic E-state index is -3.84. The molecule has 6 nitrogen and oxygen atoms in total. The van der Waals surface area contributed by atoms with E-state index in [-0.39, 0.29) is 17.2 Å². The van der Waals surface area contributed by atoms with Crippen molar-refractivity contribution in [2.45, 2.75) is 24.3 Å². The molecule has 3 aromatic rings. The van der Waals surface area contributed by atoms with E-state index in [1.807, 2.05) is 13.0 Å². The van der Waals surface area contributed by atoms with Gasteiger partial charge in [0.15, 0.2) is 0 Å². The molecule has 1 amide bonds. The summed E-state index contributed by atoms with van der Waals surface area (Å²) < 4.78 is 33.8. The second-order valence-electron chi connectivity index (χ2n) is 6.99. The normalized spacial score (nSPS) is 12.2. The van der Waals surface area contributed by atoms with Gasteiger partial charge in [0.05, 0.1) is 23.7 Å². The molecule has 0 spiro atoms. The van der Waals surface area contributed by atoms with Crippen molar-refractivity contribution >= 4 is 33.2 Å². The van der Waals surface area contributed by atoms with Crippen LogP contribution in [0.1, 0.15) is 23.6 Å². The van der Waals surface area contributed by atoms with Crippen LogP contribution in [0.25, 0.3) is 0 Å². The molecule has 0 bridgehead atoms. The summed E-state index contributed by atoms with van der Waals surface area (Å²) in [6.45, 7) is 1.88. The number of carbonyl (C=O) groups excluding carboxylic acids is 1. The molecule has 162 valence electrons. The number of carbonyl (C=O) groups is 1. The van der Waals surface area contributed by atoms with Gasteiger partial charge in [-0.15, -0.1) is 0 Å². The van der Waals surface area contributed by atoms with Crippen molar-refractivity contribution in [2.75, 3.05) is 12.4 Å². The lowest BCUT2D eigenvalue weighted by molar-refractivity contribution is -0.116. The number of anilines is 1. The molecule has 31 heavy (non-hydrogen) atoms. The van der Waals surface area contributed by atoms with Crippen LogP contribution in [-0.4, -0.2) is 21.4 Å². The highest BCUT2D eigenvalue weighted by Gasteiger charge is 2.24. The van der Waals surface area contributed by atoms with Crippen LogP contribution in [0.15, 0.2) is 77.7 Å². The van der Waals surface area contributed by atoms with Crippen molar-refractivity contribution in [3.8, 4) is 5.75 Å². The Morgan fingerprint density at radius 2 is 1.71 bits per heavy atom. The van der Waals surface area contributed by atoms with Gasteiger partial charge in [0.1, 0.15) is 5.75 Å². The fourth-order valence-electron chi connectivity index (χ4n) is 3.05. The van der Waals surface area contributed by atoms with Crippen molar-refractivity contribution in [2.24, 2.45) is 0 Å². The molecule has 3 aromatic carbocycles. The number of sulfonamides is 1. The van der Waals surface area contributed by atoms with Crippen LogP contribution >= 0.6 is 11.6 Å². The molecule has 0 radical (unpaired) electrons. The van der Waals surface area contributed by atoms with Crippen LogP contribution < -0.4 is 14.8 Å². The third-order valence-corrected chi connectivity index (χ3v) is 6.38. The highest BCUT2D eigenvalue weighted by Crippen LogP contribution is 2.29. The number of amides is 1. The van der Waals surface area contributed by atoms with Gasteiger partial charge in [-0.2, -0.15) is 0 Å². The second-order valence-corrected chi connectivity index (χ2v) is 9.14. The first kappa shape index (κ1) is 22.8. The molecule has 1 atom stereocenters. The van der Waals surface area contributed by atoms with Crippen LogP contribution in [0, 0.1) is 6.92 Å². The Morgan fingerprint density at radius 3 is 2.35 bits per heavy atom. The first-order valence-electron chi connectivity index (χ1n) is 9.56. The van der Waals surface area contributed by atoms with Gasteiger partial charge in [-0.25, -0.2) is 13.1 Å². The molecule has 0 aromatic heterocycles. The fourth-order valence-corrected chi connectivity index (χ4v) is 4.45. The largest absolute Gasteiger partial charge is 0.495 e. The molecule has 0 aliphatic heterocycles. The van der Waals surface area contributed by atoms with E-state index in [0.717, 1.165) is 5.56 Å². The lowest BCUT2D eigenvalue weighted by Crippen LogP contribution is -2.31. The standard InChI is InChI=1S/C23H23ClN2O4S/c1-16-8-11-19(12-9-16)31(28,29)26-20(17-6-4-3-5-7-17)15-23(27)25-21-14-18(24)10-13-22(21)30-2/h3-14,20,26H,15H2,1-2H3,(H,25,27)/t20-/m0/s1. The zero-order chi connectivity index (χ0) is 22.4. The van der Waals surface area contributed by atoms with Crippen LogP contribution in [0.2, 0.25) is 5.02 Å². The summed E-state index contributed by atoms with van der Waals surface area (Å²) >= 11 is 6.03. The topological polar surface area (TPSA) is 84.5 Å².